The topological polar surface area (TPSA) is 32.7 Å². The Morgan fingerprint density at radius 3 is 3.00 bits per heavy atom. The Hall–Kier alpha value is -1.22. The summed E-state index contributed by atoms with van der Waals surface area (Å²) in [5, 5.41) is 10.1. The predicted molar refractivity (Wildman–Crippen MR) is 73.0 cm³/mol. The summed E-state index contributed by atoms with van der Waals surface area (Å²) in [4.78, 5) is 2.44. The van der Waals surface area contributed by atoms with Crippen LogP contribution in [0.1, 0.15) is 31.7 Å². The number of aromatic hydroxyl groups is 1. The first-order valence-corrected chi connectivity index (χ1v) is 6.81. The Bertz CT molecular complexity index is 392. The van der Waals surface area contributed by atoms with E-state index in [4.69, 9.17) is 4.74 Å². The van der Waals surface area contributed by atoms with Gasteiger partial charge in [-0.25, -0.2) is 0 Å². The summed E-state index contributed by atoms with van der Waals surface area (Å²) >= 11 is 0. The van der Waals surface area contributed by atoms with E-state index in [-0.39, 0.29) is 0 Å². The largest absolute Gasteiger partial charge is 0.504 e. The highest BCUT2D eigenvalue weighted by Gasteiger charge is 2.19. The zero-order chi connectivity index (χ0) is 13.0. The standard InChI is InChI=1S/C15H23NO2/c1-3-12-6-5-9-16(10-12)11-13-7-4-8-14(18-2)15(13)17/h4,7-8,12,17H,3,5-6,9-11H2,1-2H3. The molecule has 1 fully saturated rings. The molecule has 18 heavy (non-hydrogen) atoms. The molecule has 1 N–H and O–H groups in total. The van der Waals surface area contributed by atoms with Crippen molar-refractivity contribution in [2.75, 3.05) is 20.2 Å². The van der Waals surface area contributed by atoms with Crippen molar-refractivity contribution in [1.29, 1.82) is 0 Å². The zero-order valence-electron chi connectivity index (χ0n) is 11.4. The van der Waals surface area contributed by atoms with E-state index in [2.05, 4.69) is 11.8 Å². The maximum Gasteiger partial charge on any atom is 0.162 e. The molecule has 100 valence electrons. The lowest BCUT2D eigenvalue weighted by Crippen LogP contribution is -2.34. The molecule has 1 aromatic rings. The normalized spacial score (nSPS) is 20.9. The van der Waals surface area contributed by atoms with E-state index in [0.29, 0.717) is 11.5 Å². The van der Waals surface area contributed by atoms with E-state index < -0.39 is 0 Å². The molecule has 1 atom stereocenters. The average Bonchev–Trinajstić information content (AvgIpc) is 2.41. The van der Waals surface area contributed by atoms with Crippen molar-refractivity contribution < 1.29 is 9.84 Å². The average molecular weight is 249 g/mol. The molecule has 0 aliphatic carbocycles. The van der Waals surface area contributed by atoms with Crippen LogP contribution in [-0.2, 0) is 6.54 Å². The molecule has 1 aliphatic heterocycles. The van der Waals surface area contributed by atoms with Crippen LogP contribution in [0.4, 0.5) is 0 Å². The first-order chi connectivity index (χ1) is 8.74. The zero-order valence-corrected chi connectivity index (χ0v) is 11.4. The van der Waals surface area contributed by atoms with Gasteiger partial charge in [0.05, 0.1) is 7.11 Å². The van der Waals surface area contributed by atoms with Gasteiger partial charge in [0.2, 0.25) is 0 Å². The molecule has 1 unspecified atom stereocenters. The molecule has 0 saturated carbocycles. The van der Waals surface area contributed by atoms with Gasteiger partial charge in [-0.1, -0.05) is 25.5 Å². The smallest absolute Gasteiger partial charge is 0.162 e. The van der Waals surface area contributed by atoms with Crippen LogP contribution in [0.25, 0.3) is 0 Å². The van der Waals surface area contributed by atoms with Crippen LogP contribution in [0, 0.1) is 5.92 Å². The quantitative estimate of drug-likeness (QED) is 0.890. The first kappa shape index (κ1) is 13.2. The molecule has 0 amide bonds. The Balaban J connectivity index is 2.04. The van der Waals surface area contributed by atoms with Crippen molar-refractivity contribution in [3.8, 4) is 11.5 Å². The highest BCUT2D eigenvalue weighted by molar-refractivity contribution is 5.45. The Labute approximate surface area is 109 Å². The van der Waals surface area contributed by atoms with Crippen molar-refractivity contribution in [2.45, 2.75) is 32.7 Å². The van der Waals surface area contributed by atoms with Crippen molar-refractivity contribution >= 4 is 0 Å². The van der Waals surface area contributed by atoms with Gasteiger partial charge in [-0.3, -0.25) is 4.90 Å². The van der Waals surface area contributed by atoms with Crippen molar-refractivity contribution in [2.24, 2.45) is 5.92 Å². The summed E-state index contributed by atoms with van der Waals surface area (Å²) in [7, 11) is 1.59. The van der Waals surface area contributed by atoms with Gasteiger partial charge in [0, 0.05) is 18.7 Å². The minimum atomic E-state index is 0.290. The number of methoxy groups -OCH3 is 1. The number of hydrogen-bond acceptors (Lipinski definition) is 3. The second-order valence-corrected chi connectivity index (χ2v) is 5.12. The lowest BCUT2D eigenvalue weighted by Gasteiger charge is -2.32. The molecule has 1 aromatic carbocycles. The highest BCUT2D eigenvalue weighted by atomic mass is 16.5. The maximum atomic E-state index is 10.1. The summed E-state index contributed by atoms with van der Waals surface area (Å²) < 4.78 is 5.15. The molecule has 1 aliphatic rings. The number of benzene rings is 1. The number of hydrogen-bond donors (Lipinski definition) is 1. The van der Waals surface area contributed by atoms with E-state index in [1.807, 2.05) is 12.1 Å². The highest BCUT2D eigenvalue weighted by Crippen LogP contribution is 2.31. The third kappa shape index (κ3) is 2.96. The van der Waals surface area contributed by atoms with Crippen LogP contribution < -0.4 is 4.74 Å². The molecule has 1 saturated heterocycles. The van der Waals surface area contributed by atoms with Gasteiger partial charge in [0.25, 0.3) is 0 Å². The number of piperidine rings is 1. The number of rotatable bonds is 4. The van der Waals surface area contributed by atoms with E-state index in [9.17, 15) is 5.11 Å². The Kier molecular flexibility index (Phi) is 4.48. The van der Waals surface area contributed by atoms with Gasteiger partial charge in [0.1, 0.15) is 0 Å². The van der Waals surface area contributed by atoms with Crippen LogP contribution in [-0.4, -0.2) is 30.2 Å². The van der Waals surface area contributed by atoms with Gasteiger partial charge in [-0.15, -0.1) is 0 Å². The van der Waals surface area contributed by atoms with Crippen molar-refractivity contribution in [1.82, 2.24) is 4.90 Å². The van der Waals surface area contributed by atoms with Crippen LogP contribution in [0.5, 0.6) is 11.5 Å². The fourth-order valence-corrected chi connectivity index (χ4v) is 2.73. The van der Waals surface area contributed by atoms with Gasteiger partial charge in [-0.2, -0.15) is 0 Å². The number of phenols is 1. The van der Waals surface area contributed by atoms with E-state index in [1.54, 1.807) is 13.2 Å². The molecule has 0 radical (unpaired) electrons. The molecule has 2 rings (SSSR count). The molecular formula is C15H23NO2. The van der Waals surface area contributed by atoms with E-state index in [1.165, 1.54) is 19.3 Å². The SMILES string of the molecule is CCC1CCCN(Cc2cccc(OC)c2O)C1. The van der Waals surface area contributed by atoms with Crippen molar-refractivity contribution in [3.05, 3.63) is 23.8 Å². The minimum absolute atomic E-state index is 0.290. The van der Waals surface area contributed by atoms with Gasteiger partial charge in [-0.05, 0) is 31.4 Å². The summed E-state index contributed by atoms with van der Waals surface area (Å²) in [6.07, 6.45) is 3.86. The Morgan fingerprint density at radius 1 is 1.44 bits per heavy atom. The van der Waals surface area contributed by atoms with E-state index in [0.717, 1.165) is 31.1 Å². The third-order valence-corrected chi connectivity index (χ3v) is 3.88. The molecule has 0 spiro atoms. The summed E-state index contributed by atoms with van der Waals surface area (Å²) in [5.74, 6) is 1.67. The maximum absolute atomic E-state index is 10.1. The lowest BCUT2D eigenvalue weighted by molar-refractivity contribution is 0.163. The predicted octanol–water partition coefficient (Wildman–Crippen LogP) is 3.02. The molecule has 3 heteroatoms. The number of para-hydroxylation sites is 1. The first-order valence-electron chi connectivity index (χ1n) is 6.81. The number of likely N-dealkylation sites (tertiary alicyclic amines) is 1. The fraction of sp³-hybridized carbons (Fsp3) is 0.600. The number of nitrogens with zero attached hydrogens (tertiary/aromatic N) is 1. The number of ether oxygens (including phenoxy) is 1. The molecule has 1 heterocycles. The Morgan fingerprint density at radius 2 is 2.28 bits per heavy atom. The van der Waals surface area contributed by atoms with Gasteiger partial charge < -0.3 is 9.84 Å². The lowest BCUT2D eigenvalue weighted by atomic mass is 9.95. The van der Waals surface area contributed by atoms with Gasteiger partial charge >= 0.3 is 0 Å². The van der Waals surface area contributed by atoms with Gasteiger partial charge in [0.15, 0.2) is 11.5 Å². The fourth-order valence-electron chi connectivity index (χ4n) is 2.73. The van der Waals surface area contributed by atoms with E-state index >= 15 is 0 Å². The monoisotopic (exact) mass is 249 g/mol. The minimum Gasteiger partial charge on any atom is -0.504 e. The second kappa shape index (κ2) is 6.10. The second-order valence-electron chi connectivity index (χ2n) is 5.12. The summed E-state index contributed by atoms with van der Waals surface area (Å²) in [6.45, 7) is 5.36. The molecule has 3 nitrogen and oxygen atoms in total. The third-order valence-electron chi connectivity index (χ3n) is 3.88. The molecule has 0 aromatic heterocycles. The number of phenolic OH excluding ortho intramolecular Hbond substituents is 1. The molecular weight excluding hydrogens is 226 g/mol. The molecule has 0 bridgehead atoms. The van der Waals surface area contributed by atoms with Crippen LogP contribution >= 0.6 is 0 Å². The van der Waals surface area contributed by atoms with Crippen molar-refractivity contribution in [3.63, 3.8) is 0 Å². The van der Waals surface area contributed by atoms with Crippen LogP contribution in [0.3, 0.4) is 0 Å². The van der Waals surface area contributed by atoms with Crippen LogP contribution in [0.2, 0.25) is 0 Å². The van der Waals surface area contributed by atoms with Crippen LogP contribution in [0.15, 0.2) is 18.2 Å². The summed E-state index contributed by atoms with van der Waals surface area (Å²) in [5.41, 5.74) is 0.964. The summed E-state index contributed by atoms with van der Waals surface area (Å²) in [6, 6.07) is 5.71.